The number of hydrogen-bond acceptors (Lipinski definition) is 2. The quantitative estimate of drug-likeness (QED) is 0.682. The number of halogens is 3. The maximum absolute atomic E-state index is 13.5. The molecule has 2 aromatic carbocycles. The zero-order valence-electron chi connectivity index (χ0n) is 12.0. The van der Waals surface area contributed by atoms with Crippen LogP contribution in [0.15, 0.2) is 36.4 Å². The average Bonchev–Trinajstić information content (AvgIpc) is 2.95. The van der Waals surface area contributed by atoms with E-state index in [-0.39, 0.29) is 15.6 Å². The molecule has 7 heteroatoms. The molecule has 1 unspecified atom stereocenters. The van der Waals surface area contributed by atoms with Gasteiger partial charge in [-0.05, 0) is 31.2 Å². The topological polar surface area (TPSA) is 57.8 Å². The Kier molecular flexibility index (Phi) is 4.24. The summed E-state index contributed by atoms with van der Waals surface area (Å²) in [7, 11) is 0. The number of aromatic amines is 1. The fraction of sp³-hybridized carbons (Fsp3) is 0.125. The Labute approximate surface area is 141 Å². The van der Waals surface area contributed by atoms with E-state index in [2.05, 4.69) is 15.3 Å². The minimum Gasteiger partial charge on any atom is -0.342 e. The van der Waals surface area contributed by atoms with Gasteiger partial charge in [-0.1, -0.05) is 35.3 Å². The van der Waals surface area contributed by atoms with Gasteiger partial charge in [0.2, 0.25) is 0 Å². The van der Waals surface area contributed by atoms with Crippen LogP contribution in [0.4, 0.5) is 4.39 Å². The Morgan fingerprint density at radius 3 is 2.74 bits per heavy atom. The van der Waals surface area contributed by atoms with Crippen LogP contribution in [-0.2, 0) is 0 Å². The van der Waals surface area contributed by atoms with Crippen molar-refractivity contribution in [2.24, 2.45) is 0 Å². The van der Waals surface area contributed by atoms with E-state index in [9.17, 15) is 9.18 Å². The van der Waals surface area contributed by atoms with Crippen molar-refractivity contribution in [3.8, 4) is 0 Å². The summed E-state index contributed by atoms with van der Waals surface area (Å²) in [5.41, 5.74) is 1.70. The number of amides is 1. The second-order valence-corrected chi connectivity index (χ2v) is 5.89. The van der Waals surface area contributed by atoms with E-state index in [0.717, 1.165) is 17.1 Å². The second-order valence-electron chi connectivity index (χ2n) is 5.08. The molecule has 118 valence electrons. The summed E-state index contributed by atoms with van der Waals surface area (Å²) in [6.45, 7) is 1.77. The van der Waals surface area contributed by atoms with Gasteiger partial charge in [0.25, 0.3) is 5.91 Å². The summed E-state index contributed by atoms with van der Waals surface area (Å²) in [6, 6.07) is 9.37. The molecule has 0 aliphatic rings. The molecular weight excluding hydrogens is 340 g/mol. The molecule has 0 saturated carbocycles. The predicted molar refractivity (Wildman–Crippen MR) is 88.4 cm³/mol. The minimum absolute atomic E-state index is 0.0246. The molecular formula is C16H12Cl2FN3O. The molecule has 1 heterocycles. The third kappa shape index (κ3) is 3.16. The van der Waals surface area contributed by atoms with Gasteiger partial charge in [-0.15, -0.1) is 0 Å². The van der Waals surface area contributed by atoms with Crippen LogP contribution in [0.1, 0.15) is 29.1 Å². The highest BCUT2D eigenvalue weighted by Crippen LogP contribution is 2.25. The van der Waals surface area contributed by atoms with Crippen LogP contribution in [-0.4, -0.2) is 15.9 Å². The van der Waals surface area contributed by atoms with Crippen molar-refractivity contribution in [1.82, 2.24) is 15.3 Å². The zero-order chi connectivity index (χ0) is 16.6. The molecule has 1 amide bonds. The molecule has 1 atom stereocenters. The second kappa shape index (κ2) is 6.18. The van der Waals surface area contributed by atoms with Gasteiger partial charge in [-0.2, -0.15) is 0 Å². The Bertz CT molecular complexity index is 861. The first-order valence-electron chi connectivity index (χ1n) is 6.86. The first-order valence-corrected chi connectivity index (χ1v) is 7.61. The molecule has 0 spiro atoms. The van der Waals surface area contributed by atoms with Gasteiger partial charge in [0.15, 0.2) is 0 Å². The molecule has 0 saturated heterocycles. The molecule has 3 aromatic rings. The Morgan fingerprint density at radius 1 is 1.26 bits per heavy atom. The number of nitrogens with one attached hydrogen (secondary N) is 2. The first-order chi connectivity index (χ1) is 11.0. The Balaban J connectivity index is 1.83. The lowest BCUT2D eigenvalue weighted by atomic mass is 10.2. The monoisotopic (exact) mass is 351 g/mol. The Morgan fingerprint density at radius 2 is 2.00 bits per heavy atom. The van der Waals surface area contributed by atoms with Gasteiger partial charge in [-0.25, -0.2) is 9.37 Å². The number of para-hydroxylation sites is 2. The van der Waals surface area contributed by atoms with Crippen molar-refractivity contribution in [3.63, 3.8) is 0 Å². The normalized spacial score (nSPS) is 12.3. The number of rotatable bonds is 3. The molecule has 2 N–H and O–H groups in total. The fourth-order valence-electron chi connectivity index (χ4n) is 2.22. The van der Waals surface area contributed by atoms with E-state index in [4.69, 9.17) is 23.2 Å². The lowest BCUT2D eigenvalue weighted by molar-refractivity contribution is 0.0938. The number of carbonyl (C=O) groups is 1. The van der Waals surface area contributed by atoms with E-state index >= 15 is 0 Å². The molecule has 23 heavy (non-hydrogen) atoms. The molecule has 0 fully saturated rings. The summed E-state index contributed by atoms with van der Waals surface area (Å²) >= 11 is 11.6. The summed E-state index contributed by atoms with van der Waals surface area (Å²) in [5.74, 6) is -0.596. The van der Waals surface area contributed by atoms with Crippen molar-refractivity contribution < 1.29 is 9.18 Å². The SMILES string of the molecule is CC(NC(=O)c1cc(F)c(Cl)cc1Cl)c1nc2ccccc2[nH]1. The molecule has 4 nitrogen and oxygen atoms in total. The van der Waals surface area contributed by atoms with Crippen LogP contribution in [0.3, 0.4) is 0 Å². The van der Waals surface area contributed by atoms with Crippen molar-refractivity contribution in [2.75, 3.05) is 0 Å². The largest absolute Gasteiger partial charge is 0.342 e. The van der Waals surface area contributed by atoms with Crippen LogP contribution in [0.2, 0.25) is 10.0 Å². The third-order valence-electron chi connectivity index (χ3n) is 3.42. The number of fused-ring (bicyclic) bond motifs is 1. The number of nitrogens with zero attached hydrogens (tertiary/aromatic N) is 1. The average molecular weight is 352 g/mol. The van der Waals surface area contributed by atoms with Crippen LogP contribution in [0.5, 0.6) is 0 Å². The summed E-state index contributed by atoms with van der Waals surface area (Å²) < 4.78 is 13.5. The standard InChI is InChI=1S/C16H12Cl2FN3O/c1-8(15-21-13-4-2-3-5-14(13)22-15)20-16(23)9-6-12(19)11(18)7-10(9)17/h2-8H,1H3,(H,20,23)(H,21,22). The number of benzene rings is 2. The van der Waals surface area contributed by atoms with Crippen molar-refractivity contribution in [1.29, 1.82) is 0 Å². The molecule has 0 aliphatic carbocycles. The van der Waals surface area contributed by atoms with E-state index < -0.39 is 17.8 Å². The van der Waals surface area contributed by atoms with Crippen LogP contribution in [0.25, 0.3) is 11.0 Å². The summed E-state index contributed by atoms with van der Waals surface area (Å²) in [4.78, 5) is 19.8. The Hall–Kier alpha value is -2.11. The van der Waals surface area contributed by atoms with E-state index in [1.165, 1.54) is 6.07 Å². The van der Waals surface area contributed by atoms with Gasteiger partial charge >= 0.3 is 0 Å². The first kappa shape index (κ1) is 15.8. The number of H-pyrrole nitrogens is 1. The smallest absolute Gasteiger partial charge is 0.253 e. The maximum Gasteiger partial charge on any atom is 0.253 e. The van der Waals surface area contributed by atoms with Gasteiger partial charge in [-0.3, -0.25) is 4.79 Å². The van der Waals surface area contributed by atoms with Gasteiger partial charge < -0.3 is 10.3 Å². The van der Waals surface area contributed by atoms with Crippen LogP contribution in [0, 0.1) is 5.82 Å². The number of imidazole rings is 1. The summed E-state index contributed by atoms with van der Waals surface area (Å²) in [5, 5.41) is 2.69. The van der Waals surface area contributed by atoms with Crippen molar-refractivity contribution >= 4 is 40.1 Å². The highest BCUT2D eigenvalue weighted by atomic mass is 35.5. The molecule has 0 radical (unpaired) electrons. The molecule has 3 rings (SSSR count). The highest BCUT2D eigenvalue weighted by Gasteiger charge is 2.18. The minimum atomic E-state index is -0.697. The van der Waals surface area contributed by atoms with E-state index in [0.29, 0.717) is 5.82 Å². The van der Waals surface area contributed by atoms with Crippen molar-refractivity contribution in [3.05, 3.63) is 63.6 Å². The highest BCUT2D eigenvalue weighted by molar-refractivity contribution is 6.36. The van der Waals surface area contributed by atoms with Gasteiger partial charge in [0.05, 0.1) is 32.7 Å². The van der Waals surface area contributed by atoms with Gasteiger partial charge in [0, 0.05) is 0 Å². The molecule has 0 bridgehead atoms. The third-order valence-corrected chi connectivity index (χ3v) is 4.02. The predicted octanol–water partition coefficient (Wildman–Crippen LogP) is 4.50. The summed E-state index contributed by atoms with van der Waals surface area (Å²) in [6.07, 6.45) is 0. The van der Waals surface area contributed by atoms with Crippen molar-refractivity contribution in [2.45, 2.75) is 13.0 Å². The number of hydrogen-bond donors (Lipinski definition) is 2. The lowest BCUT2D eigenvalue weighted by Gasteiger charge is -2.12. The maximum atomic E-state index is 13.5. The molecule has 0 aliphatic heterocycles. The van der Waals surface area contributed by atoms with E-state index in [1.54, 1.807) is 6.92 Å². The zero-order valence-corrected chi connectivity index (χ0v) is 13.5. The molecule has 1 aromatic heterocycles. The van der Waals surface area contributed by atoms with Crippen LogP contribution >= 0.6 is 23.2 Å². The van der Waals surface area contributed by atoms with Gasteiger partial charge in [0.1, 0.15) is 11.6 Å². The number of aromatic nitrogens is 2. The fourth-order valence-corrected chi connectivity index (χ4v) is 2.69. The van der Waals surface area contributed by atoms with E-state index in [1.807, 2.05) is 24.3 Å². The number of carbonyl (C=O) groups excluding carboxylic acids is 1. The lowest BCUT2D eigenvalue weighted by Crippen LogP contribution is -2.27. The van der Waals surface area contributed by atoms with Crippen LogP contribution < -0.4 is 5.32 Å².